The van der Waals surface area contributed by atoms with Crippen molar-refractivity contribution in [2.24, 2.45) is 0 Å². The third kappa shape index (κ3) is 1.99. The van der Waals surface area contributed by atoms with Crippen molar-refractivity contribution in [3.05, 3.63) is 22.6 Å². The molecule has 0 N–H and O–H groups in total. The zero-order chi connectivity index (χ0) is 9.26. The van der Waals surface area contributed by atoms with Crippen LogP contribution in [0.2, 0.25) is 0 Å². The van der Waals surface area contributed by atoms with Gasteiger partial charge in [-0.05, 0) is 41.3 Å². The number of aromatic nitrogens is 1. The Morgan fingerprint density at radius 2 is 2.23 bits per heavy atom. The van der Waals surface area contributed by atoms with E-state index in [-0.39, 0.29) is 16.5 Å². The highest BCUT2D eigenvalue weighted by Crippen LogP contribution is 2.25. The standard InChI is InChI=1S/C9H9BrFNO/c10-9-7(11)4-5-8(12-9)13-6-2-1-3-6/h4-6H,1-3H2. The average Bonchev–Trinajstić information content (AvgIpc) is 2.04. The van der Waals surface area contributed by atoms with Gasteiger partial charge in [0.15, 0.2) is 5.82 Å². The number of rotatable bonds is 2. The SMILES string of the molecule is Fc1ccc(OC2CCC2)nc1Br. The number of hydrogen-bond donors (Lipinski definition) is 0. The molecule has 1 heterocycles. The summed E-state index contributed by atoms with van der Waals surface area (Å²) in [4.78, 5) is 3.91. The van der Waals surface area contributed by atoms with Crippen LogP contribution in [-0.2, 0) is 0 Å². The van der Waals surface area contributed by atoms with Crippen molar-refractivity contribution in [2.45, 2.75) is 25.4 Å². The van der Waals surface area contributed by atoms with Gasteiger partial charge >= 0.3 is 0 Å². The summed E-state index contributed by atoms with van der Waals surface area (Å²) < 4.78 is 18.5. The van der Waals surface area contributed by atoms with Gasteiger partial charge in [0.1, 0.15) is 10.7 Å². The Morgan fingerprint density at radius 1 is 1.46 bits per heavy atom. The van der Waals surface area contributed by atoms with Gasteiger partial charge in [0.2, 0.25) is 5.88 Å². The average molecular weight is 246 g/mol. The van der Waals surface area contributed by atoms with Crippen molar-refractivity contribution in [3.63, 3.8) is 0 Å². The maximum Gasteiger partial charge on any atom is 0.214 e. The smallest absolute Gasteiger partial charge is 0.214 e. The van der Waals surface area contributed by atoms with Gasteiger partial charge in [0, 0.05) is 6.07 Å². The van der Waals surface area contributed by atoms with Crippen molar-refractivity contribution in [3.8, 4) is 5.88 Å². The van der Waals surface area contributed by atoms with Crippen molar-refractivity contribution in [1.29, 1.82) is 0 Å². The quantitative estimate of drug-likeness (QED) is 0.748. The van der Waals surface area contributed by atoms with E-state index in [1.165, 1.54) is 12.5 Å². The first-order valence-corrected chi connectivity index (χ1v) is 5.04. The van der Waals surface area contributed by atoms with E-state index in [2.05, 4.69) is 20.9 Å². The van der Waals surface area contributed by atoms with Gasteiger partial charge < -0.3 is 4.74 Å². The van der Waals surface area contributed by atoms with E-state index in [0.29, 0.717) is 5.88 Å². The van der Waals surface area contributed by atoms with Crippen LogP contribution >= 0.6 is 15.9 Å². The van der Waals surface area contributed by atoms with Crippen LogP contribution < -0.4 is 4.74 Å². The molecule has 1 aromatic rings. The second kappa shape index (κ2) is 3.62. The zero-order valence-electron chi connectivity index (χ0n) is 6.96. The number of pyridine rings is 1. The predicted molar refractivity (Wildman–Crippen MR) is 50.2 cm³/mol. The van der Waals surface area contributed by atoms with Gasteiger partial charge in [-0.1, -0.05) is 0 Å². The lowest BCUT2D eigenvalue weighted by atomic mass is 9.96. The zero-order valence-corrected chi connectivity index (χ0v) is 8.55. The summed E-state index contributed by atoms with van der Waals surface area (Å²) in [6.07, 6.45) is 3.66. The van der Waals surface area contributed by atoms with E-state index in [4.69, 9.17) is 4.74 Å². The maximum atomic E-state index is 12.8. The summed E-state index contributed by atoms with van der Waals surface area (Å²) in [5.74, 6) is 0.138. The molecular weight excluding hydrogens is 237 g/mol. The molecule has 0 radical (unpaired) electrons. The minimum atomic E-state index is -0.360. The Bertz CT molecular complexity index is 314. The molecule has 0 amide bonds. The molecule has 0 aliphatic heterocycles. The van der Waals surface area contributed by atoms with Crippen LogP contribution in [0.3, 0.4) is 0 Å². The van der Waals surface area contributed by atoms with E-state index < -0.39 is 0 Å². The predicted octanol–water partition coefficient (Wildman–Crippen LogP) is 2.91. The fraction of sp³-hybridized carbons (Fsp3) is 0.444. The van der Waals surface area contributed by atoms with Gasteiger partial charge in [0.05, 0.1) is 0 Å². The first-order chi connectivity index (χ1) is 6.25. The highest BCUT2D eigenvalue weighted by Gasteiger charge is 2.19. The van der Waals surface area contributed by atoms with E-state index in [1.54, 1.807) is 6.07 Å². The van der Waals surface area contributed by atoms with Crippen LogP contribution in [0.25, 0.3) is 0 Å². The monoisotopic (exact) mass is 245 g/mol. The molecule has 0 bridgehead atoms. The fourth-order valence-electron chi connectivity index (χ4n) is 1.13. The summed E-state index contributed by atoms with van der Waals surface area (Å²) in [5, 5.41) is 0. The van der Waals surface area contributed by atoms with Crippen molar-refractivity contribution < 1.29 is 9.13 Å². The van der Waals surface area contributed by atoms with E-state index in [1.807, 2.05) is 0 Å². The van der Waals surface area contributed by atoms with Gasteiger partial charge in [-0.3, -0.25) is 0 Å². The summed E-state index contributed by atoms with van der Waals surface area (Å²) >= 11 is 3.01. The largest absolute Gasteiger partial charge is 0.474 e. The first-order valence-electron chi connectivity index (χ1n) is 4.24. The summed E-state index contributed by atoms with van der Waals surface area (Å²) in [6.45, 7) is 0. The number of hydrogen-bond acceptors (Lipinski definition) is 2. The Morgan fingerprint density at radius 3 is 2.77 bits per heavy atom. The Hall–Kier alpha value is -0.640. The van der Waals surface area contributed by atoms with Crippen LogP contribution in [0.4, 0.5) is 4.39 Å². The molecule has 0 unspecified atom stereocenters. The van der Waals surface area contributed by atoms with E-state index >= 15 is 0 Å². The molecule has 0 atom stereocenters. The lowest BCUT2D eigenvalue weighted by molar-refractivity contribution is 0.114. The molecule has 70 valence electrons. The second-order valence-corrected chi connectivity index (χ2v) is 3.84. The van der Waals surface area contributed by atoms with E-state index in [0.717, 1.165) is 12.8 Å². The molecule has 2 nitrogen and oxygen atoms in total. The minimum Gasteiger partial charge on any atom is -0.474 e. The third-order valence-electron chi connectivity index (χ3n) is 2.12. The highest BCUT2D eigenvalue weighted by atomic mass is 79.9. The normalized spacial score (nSPS) is 16.8. The fourth-order valence-corrected chi connectivity index (χ4v) is 1.43. The summed E-state index contributed by atoms with van der Waals surface area (Å²) in [7, 11) is 0. The second-order valence-electron chi connectivity index (χ2n) is 3.09. The lowest BCUT2D eigenvalue weighted by Crippen LogP contribution is -2.24. The lowest BCUT2D eigenvalue weighted by Gasteiger charge is -2.25. The molecule has 1 aliphatic carbocycles. The van der Waals surface area contributed by atoms with Gasteiger partial charge in [-0.25, -0.2) is 9.37 Å². The maximum absolute atomic E-state index is 12.8. The molecule has 0 saturated heterocycles. The highest BCUT2D eigenvalue weighted by molar-refractivity contribution is 9.10. The molecule has 0 spiro atoms. The van der Waals surface area contributed by atoms with Crippen LogP contribution in [0.15, 0.2) is 16.7 Å². The van der Waals surface area contributed by atoms with Gasteiger partial charge in [-0.15, -0.1) is 0 Å². The molecule has 1 aromatic heterocycles. The molecule has 4 heteroatoms. The molecule has 1 saturated carbocycles. The molecule has 13 heavy (non-hydrogen) atoms. The van der Waals surface area contributed by atoms with Crippen molar-refractivity contribution >= 4 is 15.9 Å². The van der Waals surface area contributed by atoms with Crippen LogP contribution in [0, 0.1) is 5.82 Å². The summed E-state index contributed by atoms with van der Waals surface area (Å²) in [6, 6.07) is 2.91. The van der Waals surface area contributed by atoms with Gasteiger partial charge in [-0.2, -0.15) is 0 Å². The minimum absolute atomic E-state index is 0.212. The van der Waals surface area contributed by atoms with Gasteiger partial charge in [0.25, 0.3) is 0 Å². The molecule has 0 aromatic carbocycles. The van der Waals surface area contributed by atoms with Crippen LogP contribution in [-0.4, -0.2) is 11.1 Å². The molecule has 1 fully saturated rings. The Kier molecular flexibility index (Phi) is 2.49. The number of halogens is 2. The van der Waals surface area contributed by atoms with Crippen LogP contribution in [0.1, 0.15) is 19.3 Å². The topological polar surface area (TPSA) is 22.1 Å². The Balaban J connectivity index is 2.07. The molecular formula is C9H9BrFNO. The number of nitrogens with zero attached hydrogens (tertiary/aromatic N) is 1. The molecule has 1 aliphatic rings. The molecule has 2 rings (SSSR count). The van der Waals surface area contributed by atoms with E-state index in [9.17, 15) is 4.39 Å². The van der Waals surface area contributed by atoms with Crippen LogP contribution in [0.5, 0.6) is 5.88 Å². The third-order valence-corrected chi connectivity index (χ3v) is 2.67. The van der Waals surface area contributed by atoms with Crippen molar-refractivity contribution in [1.82, 2.24) is 4.98 Å². The first kappa shape index (κ1) is 8.94. The Labute approximate surface area is 84.3 Å². The van der Waals surface area contributed by atoms with Crippen molar-refractivity contribution in [2.75, 3.05) is 0 Å². The number of ether oxygens (including phenoxy) is 1. The summed E-state index contributed by atoms with van der Waals surface area (Å²) in [5.41, 5.74) is 0.